The van der Waals surface area contributed by atoms with Crippen molar-refractivity contribution in [2.24, 2.45) is 10.9 Å². The molecule has 0 saturated heterocycles. The summed E-state index contributed by atoms with van der Waals surface area (Å²) >= 11 is 0. The summed E-state index contributed by atoms with van der Waals surface area (Å²) in [5, 5.41) is 6.77. The Bertz CT molecular complexity index is 668. The zero-order valence-corrected chi connectivity index (χ0v) is 15.9. The van der Waals surface area contributed by atoms with Crippen molar-refractivity contribution < 1.29 is 14.3 Å². The topological polar surface area (TPSA) is 72.0 Å². The van der Waals surface area contributed by atoms with E-state index in [4.69, 9.17) is 9.47 Å². The standard InChI is InChI=1S/C20H29N3O3/c1-14(18(24)25-3)13-22-19(21-2)23-16-12-20(10-6-7-11-20)26-17-9-5-4-8-15(16)17/h4-5,8-9,14,16H,6-7,10-13H2,1-3H3,(H2,21,22,23). The summed E-state index contributed by atoms with van der Waals surface area (Å²) < 4.78 is 11.2. The van der Waals surface area contributed by atoms with E-state index < -0.39 is 0 Å². The molecule has 3 rings (SSSR count). The molecule has 1 aromatic carbocycles. The van der Waals surface area contributed by atoms with E-state index in [1.807, 2.05) is 19.1 Å². The number of para-hydroxylation sites is 1. The van der Waals surface area contributed by atoms with Crippen LogP contribution in [-0.4, -0.2) is 38.2 Å². The van der Waals surface area contributed by atoms with Crippen LogP contribution in [0, 0.1) is 5.92 Å². The molecule has 1 saturated carbocycles. The Balaban J connectivity index is 1.71. The number of fused-ring (bicyclic) bond motifs is 1. The first kappa shape index (κ1) is 18.5. The number of ether oxygens (including phenoxy) is 2. The van der Waals surface area contributed by atoms with Crippen LogP contribution in [0.5, 0.6) is 5.75 Å². The van der Waals surface area contributed by atoms with Crippen LogP contribution in [0.1, 0.15) is 50.6 Å². The van der Waals surface area contributed by atoms with E-state index in [0.717, 1.165) is 30.6 Å². The van der Waals surface area contributed by atoms with Gasteiger partial charge in [-0.05, 0) is 31.7 Å². The monoisotopic (exact) mass is 359 g/mol. The number of nitrogens with zero attached hydrogens (tertiary/aromatic N) is 1. The number of methoxy groups -OCH3 is 1. The molecule has 1 fully saturated rings. The van der Waals surface area contributed by atoms with Gasteiger partial charge in [0.05, 0.1) is 19.1 Å². The summed E-state index contributed by atoms with van der Waals surface area (Å²) in [6.07, 6.45) is 5.57. The minimum Gasteiger partial charge on any atom is -0.487 e. The number of benzene rings is 1. The number of nitrogens with one attached hydrogen (secondary N) is 2. The number of carbonyl (C=O) groups is 1. The molecule has 1 aliphatic carbocycles. The van der Waals surface area contributed by atoms with Gasteiger partial charge in [0.1, 0.15) is 11.4 Å². The van der Waals surface area contributed by atoms with Gasteiger partial charge in [0.15, 0.2) is 5.96 Å². The zero-order valence-electron chi connectivity index (χ0n) is 15.9. The number of carbonyl (C=O) groups excluding carboxylic acids is 1. The fraction of sp³-hybridized carbons (Fsp3) is 0.600. The Hall–Kier alpha value is -2.24. The second kappa shape index (κ2) is 7.98. The van der Waals surface area contributed by atoms with E-state index in [1.54, 1.807) is 7.05 Å². The van der Waals surface area contributed by atoms with E-state index in [0.29, 0.717) is 12.5 Å². The van der Waals surface area contributed by atoms with Crippen molar-refractivity contribution in [2.45, 2.75) is 50.7 Å². The molecular formula is C20H29N3O3. The lowest BCUT2D eigenvalue weighted by Gasteiger charge is -2.40. The smallest absolute Gasteiger partial charge is 0.310 e. The molecule has 1 aromatic rings. The van der Waals surface area contributed by atoms with Crippen molar-refractivity contribution in [3.05, 3.63) is 29.8 Å². The number of hydrogen-bond acceptors (Lipinski definition) is 4. The zero-order chi connectivity index (χ0) is 18.6. The minimum absolute atomic E-state index is 0.0653. The van der Waals surface area contributed by atoms with E-state index in [9.17, 15) is 4.79 Å². The van der Waals surface area contributed by atoms with Gasteiger partial charge in [-0.3, -0.25) is 9.79 Å². The third-order valence-corrected chi connectivity index (χ3v) is 5.43. The molecule has 0 amide bonds. The van der Waals surface area contributed by atoms with E-state index in [2.05, 4.69) is 27.8 Å². The van der Waals surface area contributed by atoms with Gasteiger partial charge in [0, 0.05) is 25.6 Å². The number of aliphatic imine (C=N–C) groups is 1. The van der Waals surface area contributed by atoms with Gasteiger partial charge >= 0.3 is 5.97 Å². The molecule has 2 N–H and O–H groups in total. The summed E-state index contributed by atoms with van der Waals surface area (Å²) in [5.41, 5.74) is 1.10. The minimum atomic E-state index is -0.235. The van der Waals surface area contributed by atoms with E-state index in [-0.39, 0.29) is 23.5 Å². The van der Waals surface area contributed by atoms with Gasteiger partial charge < -0.3 is 20.1 Å². The van der Waals surface area contributed by atoms with Crippen LogP contribution in [0.4, 0.5) is 0 Å². The maximum absolute atomic E-state index is 11.6. The van der Waals surface area contributed by atoms with Crippen molar-refractivity contribution in [2.75, 3.05) is 20.7 Å². The summed E-state index contributed by atoms with van der Waals surface area (Å²) in [4.78, 5) is 15.9. The highest BCUT2D eigenvalue weighted by Crippen LogP contribution is 2.46. The molecular weight excluding hydrogens is 330 g/mol. The highest BCUT2D eigenvalue weighted by molar-refractivity contribution is 5.81. The molecule has 2 unspecified atom stereocenters. The molecule has 6 heteroatoms. The van der Waals surface area contributed by atoms with Crippen LogP contribution >= 0.6 is 0 Å². The van der Waals surface area contributed by atoms with E-state index >= 15 is 0 Å². The number of hydrogen-bond donors (Lipinski definition) is 2. The third-order valence-electron chi connectivity index (χ3n) is 5.43. The molecule has 0 bridgehead atoms. The van der Waals surface area contributed by atoms with Gasteiger partial charge in [0.25, 0.3) is 0 Å². The fourth-order valence-corrected chi connectivity index (χ4v) is 3.97. The lowest BCUT2D eigenvalue weighted by Crippen LogP contribution is -2.47. The summed E-state index contributed by atoms with van der Waals surface area (Å²) in [6.45, 7) is 2.31. The summed E-state index contributed by atoms with van der Waals surface area (Å²) in [6, 6.07) is 8.36. The van der Waals surface area contributed by atoms with Crippen LogP contribution in [0.15, 0.2) is 29.3 Å². The third kappa shape index (κ3) is 3.94. The molecule has 1 aliphatic heterocycles. The van der Waals surface area contributed by atoms with Crippen LogP contribution < -0.4 is 15.4 Å². The van der Waals surface area contributed by atoms with Crippen molar-refractivity contribution >= 4 is 11.9 Å². The van der Waals surface area contributed by atoms with Gasteiger partial charge in [-0.1, -0.05) is 25.1 Å². The SMILES string of the molecule is CN=C(NCC(C)C(=O)OC)NC1CC2(CCCC2)Oc2ccccc21. The Morgan fingerprint density at radius 2 is 2.12 bits per heavy atom. The maximum Gasteiger partial charge on any atom is 0.310 e. The Kier molecular flexibility index (Phi) is 5.69. The van der Waals surface area contributed by atoms with Crippen LogP contribution in [0.3, 0.4) is 0 Å². The number of esters is 1. The second-order valence-electron chi connectivity index (χ2n) is 7.31. The molecule has 26 heavy (non-hydrogen) atoms. The van der Waals surface area contributed by atoms with Crippen molar-refractivity contribution in [3.63, 3.8) is 0 Å². The number of guanidine groups is 1. The number of rotatable bonds is 4. The fourth-order valence-electron chi connectivity index (χ4n) is 3.97. The van der Waals surface area contributed by atoms with Crippen LogP contribution in [0.2, 0.25) is 0 Å². The molecule has 2 atom stereocenters. The lowest BCUT2D eigenvalue weighted by atomic mass is 9.86. The Morgan fingerprint density at radius 3 is 2.81 bits per heavy atom. The Morgan fingerprint density at radius 1 is 1.38 bits per heavy atom. The predicted molar refractivity (Wildman–Crippen MR) is 101 cm³/mol. The van der Waals surface area contributed by atoms with Crippen molar-refractivity contribution in [3.8, 4) is 5.75 Å². The molecule has 1 heterocycles. The molecule has 0 aromatic heterocycles. The first-order valence-electron chi connectivity index (χ1n) is 9.40. The normalized spacial score (nSPS) is 22.3. The molecule has 6 nitrogen and oxygen atoms in total. The van der Waals surface area contributed by atoms with Gasteiger partial charge in [-0.25, -0.2) is 0 Å². The average molecular weight is 359 g/mol. The molecule has 142 valence electrons. The molecule has 2 aliphatic rings. The average Bonchev–Trinajstić information content (AvgIpc) is 3.11. The quantitative estimate of drug-likeness (QED) is 0.491. The molecule has 1 spiro atoms. The maximum atomic E-state index is 11.6. The first-order valence-corrected chi connectivity index (χ1v) is 9.40. The lowest BCUT2D eigenvalue weighted by molar-refractivity contribution is -0.144. The highest BCUT2D eigenvalue weighted by atomic mass is 16.5. The van der Waals surface area contributed by atoms with Crippen LogP contribution in [0.25, 0.3) is 0 Å². The second-order valence-corrected chi connectivity index (χ2v) is 7.31. The first-order chi connectivity index (χ1) is 12.6. The summed E-state index contributed by atoms with van der Waals surface area (Å²) in [5.74, 6) is 1.20. The largest absolute Gasteiger partial charge is 0.487 e. The van der Waals surface area contributed by atoms with Gasteiger partial charge in [-0.15, -0.1) is 0 Å². The molecule has 0 radical (unpaired) electrons. The van der Waals surface area contributed by atoms with Gasteiger partial charge in [0.2, 0.25) is 0 Å². The summed E-state index contributed by atoms with van der Waals surface area (Å²) in [7, 11) is 3.15. The Labute approximate surface area is 155 Å². The predicted octanol–water partition coefficient (Wildman–Crippen LogP) is 2.80. The van der Waals surface area contributed by atoms with Crippen molar-refractivity contribution in [1.82, 2.24) is 10.6 Å². The van der Waals surface area contributed by atoms with Crippen LogP contribution in [-0.2, 0) is 9.53 Å². The highest BCUT2D eigenvalue weighted by Gasteiger charge is 2.43. The van der Waals surface area contributed by atoms with E-state index in [1.165, 1.54) is 20.0 Å². The van der Waals surface area contributed by atoms with Crippen molar-refractivity contribution in [1.29, 1.82) is 0 Å². The van der Waals surface area contributed by atoms with Gasteiger partial charge in [-0.2, -0.15) is 0 Å².